The van der Waals surface area contributed by atoms with Crippen LogP contribution in [0.4, 0.5) is 0 Å². The van der Waals surface area contributed by atoms with Crippen molar-refractivity contribution in [3.8, 4) is 0 Å². The summed E-state index contributed by atoms with van der Waals surface area (Å²) in [5.41, 5.74) is 2.31. The smallest absolute Gasteiger partial charge is 0.326 e. The van der Waals surface area contributed by atoms with E-state index in [1.165, 1.54) is 0 Å². The van der Waals surface area contributed by atoms with Crippen LogP contribution in [-0.2, 0) is 22.4 Å². The summed E-state index contributed by atoms with van der Waals surface area (Å²) in [4.78, 5) is 23.7. The molecular formula is C18H17N3O3. The molecule has 122 valence electrons. The molecule has 1 aromatic heterocycles. The lowest BCUT2D eigenvalue weighted by Gasteiger charge is -2.14. The average Bonchev–Trinajstić information content (AvgIpc) is 2.98. The predicted molar refractivity (Wildman–Crippen MR) is 89.5 cm³/mol. The highest BCUT2D eigenvalue weighted by Crippen LogP contribution is 2.15. The third-order valence-electron chi connectivity index (χ3n) is 3.79. The van der Waals surface area contributed by atoms with Crippen LogP contribution in [0.15, 0.2) is 54.6 Å². The average molecular weight is 323 g/mol. The number of carbonyl (C=O) groups excluding carboxylic acids is 1. The molecule has 6 heteroatoms. The topological polar surface area (TPSA) is 95.1 Å². The van der Waals surface area contributed by atoms with Gasteiger partial charge in [0, 0.05) is 11.8 Å². The number of hydrogen-bond acceptors (Lipinski definition) is 3. The first-order valence-electron chi connectivity index (χ1n) is 7.61. The minimum absolute atomic E-state index is 0.0546. The van der Waals surface area contributed by atoms with Crippen LogP contribution in [0.2, 0.25) is 0 Å². The fraction of sp³-hybridized carbons (Fsp3) is 0.167. The fourth-order valence-electron chi connectivity index (χ4n) is 2.60. The fourth-order valence-corrected chi connectivity index (χ4v) is 2.60. The number of aromatic nitrogens is 2. The normalized spacial score (nSPS) is 12.0. The second-order valence-corrected chi connectivity index (χ2v) is 5.54. The molecular weight excluding hydrogens is 306 g/mol. The number of amides is 1. The highest BCUT2D eigenvalue weighted by molar-refractivity contribution is 5.89. The molecule has 0 aliphatic rings. The molecule has 1 amide bonds. The zero-order valence-electron chi connectivity index (χ0n) is 12.9. The molecule has 3 aromatic rings. The quantitative estimate of drug-likeness (QED) is 0.646. The number of nitrogens with zero attached hydrogens (tertiary/aromatic N) is 1. The summed E-state index contributed by atoms with van der Waals surface area (Å²) in [5, 5.41) is 19.8. The lowest BCUT2D eigenvalue weighted by Crippen LogP contribution is -2.43. The summed E-state index contributed by atoms with van der Waals surface area (Å²) >= 11 is 0. The maximum atomic E-state index is 12.2. The van der Waals surface area contributed by atoms with Gasteiger partial charge in [-0.2, -0.15) is 5.10 Å². The van der Waals surface area contributed by atoms with Crippen molar-refractivity contribution in [2.75, 3.05) is 0 Å². The molecule has 24 heavy (non-hydrogen) atoms. The van der Waals surface area contributed by atoms with Gasteiger partial charge in [-0.1, -0.05) is 48.5 Å². The van der Waals surface area contributed by atoms with Crippen LogP contribution in [0.5, 0.6) is 0 Å². The molecule has 3 rings (SSSR count). The molecule has 0 spiro atoms. The molecule has 1 atom stereocenters. The van der Waals surface area contributed by atoms with Crippen molar-refractivity contribution in [2.45, 2.75) is 18.9 Å². The Balaban J connectivity index is 1.68. The standard InChI is InChI=1S/C18H17N3O3/c22-17(11-15-13-8-4-5-9-14(13)20-21-15)19-16(18(23)24)10-12-6-2-1-3-7-12/h1-9,16H,10-11H2,(H,19,22)(H,20,21)(H,23,24)/t16-/m1/s1. The number of benzene rings is 2. The van der Waals surface area contributed by atoms with E-state index in [2.05, 4.69) is 15.5 Å². The number of fused-ring (bicyclic) bond motifs is 1. The second-order valence-electron chi connectivity index (χ2n) is 5.54. The van der Waals surface area contributed by atoms with Crippen LogP contribution in [-0.4, -0.2) is 33.2 Å². The summed E-state index contributed by atoms with van der Waals surface area (Å²) in [6.07, 6.45) is 0.296. The van der Waals surface area contributed by atoms with Gasteiger partial charge in [-0.15, -0.1) is 0 Å². The molecule has 3 N–H and O–H groups in total. The van der Waals surface area contributed by atoms with Crippen molar-refractivity contribution in [1.29, 1.82) is 0 Å². The first-order chi connectivity index (χ1) is 11.6. The molecule has 0 saturated carbocycles. The molecule has 0 bridgehead atoms. The summed E-state index contributed by atoms with van der Waals surface area (Å²) in [5.74, 6) is -1.41. The number of rotatable bonds is 6. The predicted octanol–water partition coefficient (Wildman–Crippen LogP) is 1.92. The SMILES string of the molecule is O=C(Cc1[nH]nc2ccccc12)N[C@H](Cc1ccccc1)C(=O)O. The van der Waals surface area contributed by atoms with Crippen LogP contribution in [0.1, 0.15) is 11.3 Å². The number of aliphatic carboxylic acids is 1. The maximum absolute atomic E-state index is 12.2. The first-order valence-corrected chi connectivity index (χ1v) is 7.61. The van der Waals surface area contributed by atoms with Gasteiger partial charge in [-0.3, -0.25) is 9.89 Å². The van der Waals surface area contributed by atoms with E-state index in [0.717, 1.165) is 16.5 Å². The Morgan fingerprint density at radius 3 is 2.54 bits per heavy atom. The van der Waals surface area contributed by atoms with Crippen molar-refractivity contribution in [3.05, 3.63) is 65.9 Å². The van der Waals surface area contributed by atoms with E-state index in [1.807, 2.05) is 54.6 Å². The number of para-hydroxylation sites is 1. The third kappa shape index (κ3) is 3.60. The molecule has 2 aromatic carbocycles. The van der Waals surface area contributed by atoms with Crippen molar-refractivity contribution >= 4 is 22.8 Å². The van der Waals surface area contributed by atoms with Crippen molar-refractivity contribution in [3.63, 3.8) is 0 Å². The largest absolute Gasteiger partial charge is 0.480 e. The molecule has 6 nitrogen and oxygen atoms in total. The zero-order chi connectivity index (χ0) is 16.9. The molecule has 0 radical (unpaired) electrons. The van der Waals surface area contributed by atoms with Gasteiger partial charge >= 0.3 is 5.97 Å². The highest BCUT2D eigenvalue weighted by atomic mass is 16.4. The molecule has 0 aliphatic carbocycles. The Kier molecular flexibility index (Phi) is 4.56. The van der Waals surface area contributed by atoms with Crippen molar-refractivity contribution in [1.82, 2.24) is 15.5 Å². The number of nitrogens with one attached hydrogen (secondary N) is 2. The summed E-state index contributed by atoms with van der Waals surface area (Å²) in [6.45, 7) is 0. The third-order valence-corrected chi connectivity index (χ3v) is 3.79. The van der Waals surface area contributed by atoms with Gasteiger partial charge in [-0.05, 0) is 11.6 Å². The van der Waals surface area contributed by atoms with Gasteiger partial charge in [0.25, 0.3) is 0 Å². The Labute approximate surface area is 138 Å². The minimum Gasteiger partial charge on any atom is -0.480 e. The Hall–Kier alpha value is -3.15. The Morgan fingerprint density at radius 1 is 1.08 bits per heavy atom. The molecule has 0 saturated heterocycles. The number of aromatic amines is 1. The van der Waals surface area contributed by atoms with E-state index < -0.39 is 12.0 Å². The van der Waals surface area contributed by atoms with Gasteiger partial charge in [0.1, 0.15) is 6.04 Å². The number of carbonyl (C=O) groups is 2. The highest BCUT2D eigenvalue weighted by Gasteiger charge is 2.21. The van der Waals surface area contributed by atoms with Crippen LogP contribution in [0.3, 0.4) is 0 Å². The van der Waals surface area contributed by atoms with Crippen molar-refractivity contribution in [2.24, 2.45) is 0 Å². The lowest BCUT2D eigenvalue weighted by atomic mass is 10.1. The van der Waals surface area contributed by atoms with E-state index in [1.54, 1.807) is 0 Å². The number of hydrogen-bond donors (Lipinski definition) is 3. The summed E-state index contributed by atoms with van der Waals surface area (Å²) in [7, 11) is 0. The van der Waals surface area contributed by atoms with Crippen LogP contribution < -0.4 is 5.32 Å². The van der Waals surface area contributed by atoms with Crippen LogP contribution >= 0.6 is 0 Å². The molecule has 1 heterocycles. The van der Waals surface area contributed by atoms with Crippen LogP contribution in [0.25, 0.3) is 10.9 Å². The molecule has 0 aliphatic heterocycles. The minimum atomic E-state index is -1.05. The Morgan fingerprint density at radius 2 is 1.79 bits per heavy atom. The Bertz CT molecular complexity index is 858. The number of carboxylic acids is 1. The summed E-state index contributed by atoms with van der Waals surface area (Å²) < 4.78 is 0. The van der Waals surface area contributed by atoms with Gasteiger partial charge < -0.3 is 10.4 Å². The number of carboxylic acid groups (broad SMARTS) is 1. The maximum Gasteiger partial charge on any atom is 0.326 e. The number of H-pyrrole nitrogens is 1. The van der Waals surface area contributed by atoms with E-state index in [-0.39, 0.29) is 18.7 Å². The summed E-state index contributed by atoms with van der Waals surface area (Å²) in [6, 6.07) is 15.7. The zero-order valence-corrected chi connectivity index (χ0v) is 12.9. The van der Waals surface area contributed by atoms with E-state index in [9.17, 15) is 14.7 Å². The lowest BCUT2D eigenvalue weighted by molar-refractivity contribution is -0.141. The van der Waals surface area contributed by atoms with E-state index >= 15 is 0 Å². The van der Waals surface area contributed by atoms with E-state index in [4.69, 9.17) is 0 Å². The van der Waals surface area contributed by atoms with Gasteiger partial charge in [0.05, 0.1) is 17.6 Å². The van der Waals surface area contributed by atoms with Crippen LogP contribution in [0, 0.1) is 0 Å². The first kappa shape index (κ1) is 15.7. The van der Waals surface area contributed by atoms with E-state index in [0.29, 0.717) is 5.69 Å². The van der Waals surface area contributed by atoms with Crippen molar-refractivity contribution < 1.29 is 14.7 Å². The molecule has 0 fully saturated rings. The second kappa shape index (κ2) is 6.95. The van der Waals surface area contributed by atoms with Gasteiger partial charge in [-0.25, -0.2) is 4.79 Å². The van der Waals surface area contributed by atoms with Gasteiger partial charge in [0.15, 0.2) is 0 Å². The van der Waals surface area contributed by atoms with Gasteiger partial charge in [0.2, 0.25) is 5.91 Å². The molecule has 0 unspecified atom stereocenters. The monoisotopic (exact) mass is 323 g/mol.